The molecule has 0 aromatic carbocycles. The standard InChI is InChI=1S/C16H33N3O/c1-13(2)9-14(11-17)10-15(20)18-12-16(19(3)4)7-5-6-8-16/h13-14H,5-12,17H2,1-4H3,(H,18,20)/t14-/m0/s1. The van der Waals surface area contributed by atoms with Crippen molar-refractivity contribution < 1.29 is 4.79 Å². The van der Waals surface area contributed by atoms with Crippen molar-refractivity contribution in [2.24, 2.45) is 17.6 Å². The van der Waals surface area contributed by atoms with Gasteiger partial charge in [0.1, 0.15) is 0 Å². The van der Waals surface area contributed by atoms with Gasteiger partial charge in [-0.3, -0.25) is 4.79 Å². The van der Waals surface area contributed by atoms with Crippen molar-refractivity contribution in [3.63, 3.8) is 0 Å². The number of hydrogen-bond acceptors (Lipinski definition) is 3. The van der Waals surface area contributed by atoms with E-state index < -0.39 is 0 Å². The van der Waals surface area contributed by atoms with Crippen molar-refractivity contribution in [1.82, 2.24) is 10.2 Å². The normalized spacial score (nSPS) is 19.6. The topological polar surface area (TPSA) is 58.4 Å². The second kappa shape index (κ2) is 7.99. The lowest BCUT2D eigenvalue weighted by atomic mass is 9.93. The summed E-state index contributed by atoms with van der Waals surface area (Å²) < 4.78 is 0. The van der Waals surface area contributed by atoms with E-state index in [9.17, 15) is 4.79 Å². The average Bonchev–Trinajstić information content (AvgIpc) is 2.85. The smallest absolute Gasteiger partial charge is 0.220 e. The number of carbonyl (C=O) groups excluding carboxylic acids is 1. The van der Waals surface area contributed by atoms with Gasteiger partial charge in [-0.15, -0.1) is 0 Å². The lowest BCUT2D eigenvalue weighted by Gasteiger charge is -2.36. The number of rotatable bonds is 8. The molecule has 1 saturated carbocycles. The molecule has 20 heavy (non-hydrogen) atoms. The minimum Gasteiger partial charge on any atom is -0.354 e. The average molecular weight is 283 g/mol. The Labute approximate surface area is 124 Å². The van der Waals surface area contributed by atoms with E-state index in [1.165, 1.54) is 25.7 Å². The molecular weight excluding hydrogens is 250 g/mol. The van der Waals surface area contributed by atoms with E-state index in [0.29, 0.717) is 24.8 Å². The van der Waals surface area contributed by atoms with E-state index in [-0.39, 0.29) is 11.4 Å². The number of nitrogens with one attached hydrogen (secondary N) is 1. The molecule has 118 valence electrons. The minimum absolute atomic E-state index is 0.161. The summed E-state index contributed by atoms with van der Waals surface area (Å²) in [7, 11) is 4.25. The molecule has 0 aromatic heterocycles. The molecule has 0 radical (unpaired) electrons. The Morgan fingerprint density at radius 1 is 1.30 bits per heavy atom. The van der Waals surface area contributed by atoms with Crippen LogP contribution in [0.25, 0.3) is 0 Å². The van der Waals surface area contributed by atoms with Crippen molar-refractivity contribution in [2.75, 3.05) is 27.2 Å². The van der Waals surface area contributed by atoms with Gasteiger partial charge in [0.05, 0.1) is 0 Å². The molecule has 0 aromatic rings. The fourth-order valence-corrected chi connectivity index (χ4v) is 3.34. The molecule has 0 unspecified atom stereocenters. The lowest BCUT2D eigenvalue weighted by molar-refractivity contribution is -0.122. The highest BCUT2D eigenvalue weighted by Crippen LogP contribution is 2.33. The van der Waals surface area contributed by atoms with Crippen LogP contribution in [0.2, 0.25) is 0 Å². The predicted octanol–water partition coefficient (Wildman–Crippen LogP) is 1.99. The van der Waals surface area contributed by atoms with E-state index in [2.05, 4.69) is 38.2 Å². The number of carbonyl (C=O) groups is 1. The molecule has 1 aliphatic carbocycles. The van der Waals surface area contributed by atoms with Gasteiger partial charge in [-0.05, 0) is 51.7 Å². The van der Waals surface area contributed by atoms with E-state index >= 15 is 0 Å². The van der Waals surface area contributed by atoms with Crippen LogP contribution in [0.1, 0.15) is 52.4 Å². The van der Waals surface area contributed by atoms with Gasteiger partial charge in [0.15, 0.2) is 0 Å². The van der Waals surface area contributed by atoms with Crippen molar-refractivity contribution in [1.29, 1.82) is 0 Å². The molecule has 1 atom stereocenters. The Morgan fingerprint density at radius 3 is 2.35 bits per heavy atom. The number of hydrogen-bond donors (Lipinski definition) is 2. The van der Waals surface area contributed by atoms with Crippen LogP contribution in [0.5, 0.6) is 0 Å². The Kier molecular flexibility index (Phi) is 6.96. The van der Waals surface area contributed by atoms with Crippen LogP contribution in [0.15, 0.2) is 0 Å². The van der Waals surface area contributed by atoms with Gasteiger partial charge in [-0.2, -0.15) is 0 Å². The number of amides is 1. The molecule has 0 spiro atoms. The molecule has 0 aliphatic heterocycles. The maximum atomic E-state index is 12.1. The van der Waals surface area contributed by atoms with Gasteiger partial charge in [0, 0.05) is 18.5 Å². The molecular formula is C16H33N3O. The Hall–Kier alpha value is -0.610. The zero-order chi connectivity index (χ0) is 15.2. The summed E-state index contributed by atoms with van der Waals surface area (Å²) in [6, 6.07) is 0. The van der Waals surface area contributed by atoms with Crippen LogP contribution in [0, 0.1) is 11.8 Å². The van der Waals surface area contributed by atoms with Crippen molar-refractivity contribution in [2.45, 2.75) is 57.9 Å². The van der Waals surface area contributed by atoms with Crippen molar-refractivity contribution in [3.8, 4) is 0 Å². The second-order valence-electron chi connectivity index (χ2n) is 7.04. The zero-order valence-electron chi connectivity index (χ0n) is 13.7. The largest absolute Gasteiger partial charge is 0.354 e. The van der Waals surface area contributed by atoms with E-state index in [4.69, 9.17) is 5.73 Å². The monoisotopic (exact) mass is 283 g/mol. The lowest BCUT2D eigenvalue weighted by Crippen LogP contribution is -2.51. The van der Waals surface area contributed by atoms with Gasteiger partial charge >= 0.3 is 0 Å². The Balaban J connectivity index is 2.41. The maximum Gasteiger partial charge on any atom is 0.220 e. The first-order chi connectivity index (χ1) is 9.39. The minimum atomic E-state index is 0.161. The molecule has 0 saturated heterocycles. The summed E-state index contributed by atoms with van der Waals surface area (Å²) in [5.74, 6) is 1.07. The molecule has 0 heterocycles. The molecule has 0 bridgehead atoms. The number of likely N-dealkylation sites (N-methyl/N-ethyl adjacent to an activating group) is 1. The number of nitrogens with two attached hydrogens (primary N) is 1. The van der Waals surface area contributed by atoms with Crippen molar-refractivity contribution >= 4 is 5.91 Å². The van der Waals surface area contributed by atoms with Crippen LogP contribution in [0.3, 0.4) is 0 Å². The predicted molar refractivity (Wildman–Crippen MR) is 84.5 cm³/mol. The van der Waals surface area contributed by atoms with E-state index in [0.717, 1.165) is 13.0 Å². The van der Waals surface area contributed by atoms with Gasteiger partial charge < -0.3 is 16.0 Å². The van der Waals surface area contributed by atoms with Crippen LogP contribution in [-0.2, 0) is 4.79 Å². The molecule has 4 heteroatoms. The second-order valence-corrected chi connectivity index (χ2v) is 7.04. The highest BCUT2D eigenvalue weighted by atomic mass is 16.1. The summed E-state index contributed by atoms with van der Waals surface area (Å²) in [4.78, 5) is 14.4. The first kappa shape index (κ1) is 17.4. The third kappa shape index (κ3) is 5.06. The van der Waals surface area contributed by atoms with Gasteiger partial charge in [0.2, 0.25) is 5.91 Å². The fourth-order valence-electron chi connectivity index (χ4n) is 3.34. The van der Waals surface area contributed by atoms with Gasteiger partial charge in [0.25, 0.3) is 0 Å². The summed E-state index contributed by atoms with van der Waals surface area (Å²) in [6.07, 6.45) is 6.51. The first-order valence-corrected chi connectivity index (χ1v) is 8.04. The Bertz CT molecular complexity index is 296. The molecule has 1 aliphatic rings. The van der Waals surface area contributed by atoms with Crippen LogP contribution < -0.4 is 11.1 Å². The summed E-state index contributed by atoms with van der Waals surface area (Å²) >= 11 is 0. The molecule has 1 fully saturated rings. The zero-order valence-corrected chi connectivity index (χ0v) is 13.7. The SMILES string of the molecule is CC(C)C[C@H](CN)CC(=O)NCC1(N(C)C)CCCC1. The summed E-state index contributed by atoms with van der Waals surface area (Å²) in [6.45, 7) is 5.74. The van der Waals surface area contributed by atoms with E-state index in [1.807, 2.05) is 0 Å². The number of nitrogens with zero attached hydrogens (tertiary/aromatic N) is 1. The quantitative estimate of drug-likeness (QED) is 0.716. The van der Waals surface area contributed by atoms with Crippen LogP contribution in [0.4, 0.5) is 0 Å². The van der Waals surface area contributed by atoms with Crippen LogP contribution >= 0.6 is 0 Å². The summed E-state index contributed by atoms with van der Waals surface area (Å²) in [5, 5.41) is 3.15. The highest BCUT2D eigenvalue weighted by molar-refractivity contribution is 5.76. The van der Waals surface area contributed by atoms with Crippen LogP contribution in [-0.4, -0.2) is 43.5 Å². The van der Waals surface area contributed by atoms with Gasteiger partial charge in [-0.1, -0.05) is 26.7 Å². The molecule has 1 amide bonds. The maximum absolute atomic E-state index is 12.1. The third-order valence-corrected chi connectivity index (χ3v) is 4.71. The molecule has 3 N–H and O–H groups in total. The summed E-state index contributed by atoms with van der Waals surface area (Å²) in [5.41, 5.74) is 5.95. The first-order valence-electron chi connectivity index (χ1n) is 8.04. The van der Waals surface area contributed by atoms with Gasteiger partial charge in [-0.25, -0.2) is 0 Å². The molecule has 4 nitrogen and oxygen atoms in total. The fraction of sp³-hybridized carbons (Fsp3) is 0.938. The molecule has 1 rings (SSSR count). The third-order valence-electron chi connectivity index (χ3n) is 4.71. The highest BCUT2D eigenvalue weighted by Gasteiger charge is 2.36. The van der Waals surface area contributed by atoms with Crippen molar-refractivity contribution in [3.05, 3.63) is 0 Å². The Morgan fingerprint density at radius 2 is 1.90 bits per heavy atom. The van der Waals surface area contributed by atoms with E-state index in [1.54, 1.807) is 0 Å².